The summed E-state index contributed by atoms with van der Waals surface area (Å²) in [5.41, 5.74) is 4.98. The minimum atomic E-state index is -0.627. The molecule has 0 amide bonds. The zero-order valence-corrected chi connectivity index (χ0v) is 30.2. The Morgan fingerprint density at radius 2 is 0.951 bits per heavy atom. The molecule has 5 aromatic carbocycles. The van der Waals surface area contributed by atoms with Crippen molar-refractivity contribution < 1.29 is 46.1 Å². The second-order valence-corrected chi connectivity index (χ2v) is 27.3. The van der Waals surface area contributed by atoms with Crippen molar-refractivity contribution in [1.82, 2.24) is 0 Å². The number of rotatable bonds is 3. The van der Waals surface area contributed by atoms with Crippen molar-refractivity contribution in [3.8, 4) is 0 Å². The van der Waals surface area contributed by atoms with Crippen molar-refractivity contribution in [2.45, 2.75) is 18.6 Å². The van der Waals surface area contributed by atoms with Crippen LogP contribution in [0.5, 0.6) is 0 Å². The molecule has 0 saturated carbocycles. The number of hydrogen-bond donors (Lipinski definition) is 0. The van der Waals surface area contributed by atoms with E-state index in [1.807, 2.05) is 0 Å². The Morgan fingerprint density at radius 1 is 0.537 bits per heavy atom. The molecular formula is C37H30Cl2GeHf-2. The van der Waals surface area contributed by atoms with Crippen LogP contribution < -0.4 is 29.2 Å². The first-order valence-electron chi connectivity index (χ1n) is 13.3. The van der Waals surface area contributed by atoms with Crippen molar-refractivity contribution >= 4 is 47.1 Å². The van der Waals surface area contributed by atoms with E-state index in [1.54, 1.807) is 4.40 Å². The van der Waals surface area contributed by atoms with E-state index in [-0.39, 0.29) is 24.8 Å². The molecule has 2 aliphatic rings. The molecule has 4 heteroatoms. The van der Waals surface area contributed by atoms with E-state index in [1.165, 1.54) is 65.1 Å². The van der Waals surface area contributed by atoms with E-state index in [0.29, 0.717) is 0 Å². The van der Waals surface area contributed by atoms with Gasteiger partial charge in [-0.2, -0.15) is 35.5 Å². The average Bonchev–Trinajstić information content (AvgIpc) is 3.73. The first-order valence-corrected chi connectivity index (χ1v) is 26.8. The van der Waals surface area contributed by atoms with Crippen LogP contribution >= 0.6 is 0 Å². The Hall–Kier alpha value is -2.43. The Labute approximate surface area is 272 Å². The molecule has 202 valence electrons. The molecule has 0 nitrogen and oxygen atoms in total. The van der Waals surface area contributed by atoms with Crippen LogP contribution in [0.4, 0.5) is 0 Å². The normalized spacial score (nSPS) is 12.7. The summed E-state index contributed by atoms with van der Waals surface area (Å²) in [6, 6.07) is 40.9. The quantitative estimate of drug-likeness (QED) is 0.195. The molecule has 0 fully saturated rings. The zero-order chi connectivity index (χ0) is 26.9. The Kier molecular flexibility index (Phi) is 13.6. The van der Waals surface area contributed by atoms with Gasteiger partial charge in [-0.3, -0.25) is 0 Å². The molecule has 0 spiro atoms. The summed E-state index contributed by atoms with van der Waals surface area (Å²) in [4.78, 5) is 0. The van der Waals surface area contributed by atoms with Crippen molar-refractivity contribution in [1.29, 1.82) is 0 Å². The van der Waals surface area contributed by atoms with Gasteiger partial charge < -0.3 is 24.8 Å². The predicted octanol–water partition coefficient (Wildman–Crippen LogP) is 3.04. The second-order valence-electron chi connectivity index (χ2n) is 9.51. The fourth-order valence-corrected chi connectivity index (χ4v) is 9.17. The molecule has 0 heterocycles. The van der Waals surface area contributed by atoms with E-state index >= 15 is 0 Å². The third kappa shape index (κ3) is 9.28. The van der Waals surface area contributed by atoms with Crippen LogP contribution in [0.3, 0.4) is 0 Å². The summed E-state index contributed by atoms with van der Waals surface area (Å²) in [5, 5.41) is 5.18. The molecular weight excluding hydrogens is 766 g/mol. The summed E-state index contributed by atoms with van der Waals surface area (Å²) < 4.78 is 1.64. The van der Waals surface area contributed by atoms with Gasteiger partial charge in [0.15, 0.2) is 0 Å². The van der Waals surface area contributed by atoms with Crippen LogP contribution in [0.1, 0.15) is 24.0 Å². The third-order valence-electron chi connectivity index (χ3n) is 6.72. The van der Waals surface area contributed by atoms with E-state index < -0.39 is 10.1 Å². The molecule has 2 aliphatic carbocycles. The topological polar surface area (TPSA) is 0 Å². The third-order valence-corrected chi connectivity index (χ3v) is 14.6. The summed E-state index contributed by atoms with van der Waals surface area (Å²) in [6.45, 7) is 0. The minimum Gasteiger partial charge on any atom is -1.00 e. The Morgan fingerprint density at radius 3 is 1.32 bits per heavy atom. The van der Waals surface area contributed by atoms with E-state index in [9.17, 15) is 0 Å². The molecule has 0 bridgehead atoms. The van der Waals surface area contributed by atoms with Gasteiger partial charge in [-0.25, -0.2) is 0 Å². The zero-order valence-electron chi connectivity index (χ0n) is 22.9. The summed E-state index contributed by atoms with van der Waals surface area (Å²) >= 11 is 1.42. The summed E-state index contributed by atoms with van der Waals surface area (Å²) in [5.74, 6) is 2.43. The van der Waals surface area contributed by atoms with Crippen LogP contribution in [0.25, 0.3) is 32.7 Å². The van der Waals surface area contributed by atoms with Gasteiger partial charge in [0.05, 0.1) is 0 Å². The van der Waals surface area contributed by atoms with Gasteiger partial charge in [0.2, 0.25) is 0 Å². The fraction of sp³-hybridized carbons (Fsp3) is 0.0811. The number of hydrogen-bond acceptors (Lipinski definition) is 0. The van der Waals surface area contributed by atoms with Gasteiger partial charge in [0.25, 0.3) is 0 Å². The molecule has 0 unspecified atom stereocenters. The van der Waals surface area contributed by atoms with Crippen LogP contribution in [0.2, 0.25) is 5.76 Å². The number of allylic oxidation sites excluding steroid dienone is 8. The Bertz CT molecular complexity index is 1630. The van der Waals surface area contributed by atoms with Crippen LogP contribution in [0, 0.1) is 12.2 Å². The maximum Gasteiger partial charge on any atom is -1.00 e. The number of benzene rings is 5. The standard InChI is InChI=1S/2C15H11.C7H8Ge.2ClH.Hf/c2*1-2-6-12(5-1)15-10-9-13-7-3-4-8-14(13)11-15;1-8-7-5-3-2-4-6-7;;;/h2*1,3-5,7-11H,2H2;2-6H,1H3;2*1H;/q2*-1;;;;+2/p-2. The van der Waals surface area contributed by atoms with Crippen molar-refractivity contribution in [3.05, 3.63) is 163 Å². The second kappa shape index (κ2) is 16.9. The molecule has 0 saturated heterocycles. The molecule has 5 aromatic rings. The van der Waals surface area contributed by atoms with Gasteiger partial charge in [0, 0.05) is 0 Å². The molecule has 0 atom stereocenters. The number of halogens is 2. The van der Waals surface area contributed by atoms with E-state index in [4.69, 9.17) is 0 Å². The monoisotopic (exact) mass is 798 g/mol. The van der Waals surface area contributed by atoms with Crippen LogP contribution in [-0.4, -0.2) is 10.1 Å². The maximum absolute atomic E-state index is 3.34. The molecule has 41 heavy (non-hydrogen) atoms. The minimum absolute atomic E-state index is 0. The van der Waals surface area contributed by atoms with Crippen molar-refractivity contribution in [3.63, 3.8) is 0 Å². The maximum atomic E-state index is 3.34. The summed E-state index contributed by atoms with van der Waals surface area (Å²) in [7, 11) is -0.627. The average molecular weight is 797 g/mol. The van der Waals surface area contributed by atoms with Gasteiger partial charge in [-0.05, 0) is 21.5 Å². The Balaban J connectivity index is 0.000000171. The van der Waals surface area contributed by atoms with E-state index in [0.717, 1.165) is 12.8 Å². The predicted molar refractivity (Wildman–Crippen MR) is 166 cm³/mol. The molecule has 0 aliphatic heterocycles. The van der Waals surface area contributed by atoms with Gasteiger partial charge in [0.1, 0.15) is 0 Å². The van der Waals surface area contributed by atoms with E-state index in [2.05, 4.69) is 157 Å². The van der Waals surface area contributed by atoms with Gasteiger partial charge in [-0.1, -0.05) is 73.5 Å². The first-order chi connectivity index (χ1) is 19.2. The largest absolute Gasteiger partial charge is 1.00 e. The molecule has 0 aromatic heterocycles. The van der Waals surface area contributed by atoms with Crippen LogP contribution in [-0.2, 0) is 21.3 Å². The van der Waals surface area contributed by atoms with Crippen molar-refractivity contribution in [2.75, 3.05) is 0 Å². The first kappa shape index (κ1) is 33.1. The van der Waals surface area contributed by atoms with Gasteiger partial charge >= 0.3 is 71.8 Å². The molecule has 0 N–H and O–H groups in total. The summed E-state index contributed by atoms with van der Waals surface area (Å²) in [6.07, 6.45) is 17.2. The van der Waals surface area contributed by atoms with Crippen molar-refractivity contribution in [2.24, 2.45) is 0 Å². The van der Waals surface area contributed by atoms with Gasteiger partial charge in [-0.15, -0.1) is 47.5 Å². The molecule has 7 rings (SSSR count). The fourth-order valence-electron chi connectivity index (χ4n) is 4.61. The smallest absolute Gasteiger partial charge is 1.00 e. The SMILES string of the molecule is [C-]1=C(c2ccc3ccccc3c2)C=CC1.[C-]1=C(c2ccc3ccccc3c2)C=CC1.[CH3][Ge](=[Hf+2])[c]1ccccc1.[Cl-].[Cl-]. The number of fused-ring (bicyclic) bond motifs is 2. The molecule has 0 radical (unpaired) electrons. The van der Waals surface area contributed by atoms with Crippen LogP contribution in [0.15, 0.2) is 140 Å².